The van der Waals surface area contributed by atoms with Crippen molar-refractivity contribution in [3.05, 3.63) is 17.9 Å². The summed E-state index contributed by atoms with van der Waals surface area (Å²) in [5.74, 6) is -1.03. The number of carbonyl (C=O) groups is 1. The van der Waals surface area contributed by atoms with Crippen molar-refractivity contribution in [2.24, 2.45) is 0 Å². The third-order valence-corrected chi connectivity index (χ3v) is 2.44. The lowest BCUT2D eigenvalue weighted by Crippen LogP contribution is -2.57. The van der Waals surface area contributed by atoms with Gasteiger partial charge in [0.05, 0.1) is 12.6 Å². The Hall–Kier alpha value is -1.70. The van der Waals surface area contributed by atoms with Gasteiger partial charge in [0, 0.05) is 6.07 Å². The molecule has 1 atom stereocenters. The van der Waals surface area contributed by atoms with Crippen molar-refractivity contribution in [1.82, 2.24) is 5.32 Å². The maximum absolute atomic E-state index is 12.4. The van der Waals surface area contributed by atoms with Gasteiger partial charge in [0.25, 0.3) is 11.9 Å². The fraction of sp³-hybridized carbons (Fsp3) is 0.545. The minimum atomic E-state index is -4.84. The molecule has 0 saturated heterocycles. The molecule has 0 radical (unpaired) electrons. The Balaban J connectivity index is 2.80. The summed E-state index contributed by atoms with van der Waals surface area (Å²) in [6.45, 7) is 2.12. The average molecular weight is 281 g/mol. The Morgan fingerprint density at radius 2 is 2.00 bits per heavy atom. The van der Waals surface area contributed by atoms with Gasteiger partial charge >= 0.3 is 6.18 Å². The minimum absolute atomic E-state index is 0.0549. The number of furan rings is 1. The molecule has 0 aliphatic rings. The Labute approximate surface area is 107 Å². The molecule has 1 rings (SSSR count). The van der Waals surface area contributed by atoms with Crippen LogP contribution in [-0.4, -0.2) is 35.9 Å². The molecule has 0 fully saturated rings. The molecule has 0 spiro atoms. The third-order valence-electron chi connectivity index (χ3n) is 2.44. The lowest BCUT2D eigenvalue weighted by Gasteiger charge is -2.32. The first kappa shape index (κ1) is 15.4. The summed E-state index contributed by atoms with van der Waals surface area (Å²) < 4.78 is 46.8. The van der Waals surface area contributed by atoms with Crippen LogP contribution in [0.5, 0.6) is 5.95 Å². The van der Waals surface area contributed by atoms with E-state index in [0.29, 0.717) is 0 Å². The van der Waals surface area contributed by atoms with Crippen LogP contribution < -0.4 is 10.1 Å². The summed E-state index contributed by atoms with van der Waals surface area (Å²) in [5, 5.41) is 11.2. The molecule has 0 aliphatic carbocycles. The molecule has 0 saturated carbocycles. The van der Waals surface area contributed by atoms with Crippen LogP contribution in [0.4, 0.5) is 13.2 Å². The number of aliphatic hydroxyl groups excluding tert-OH is 1. The number of nitrogens with one attached hydrogen (secondary N) is 1. The zero-order valence-electron chi connectivity index (χ0n) is 10.5. The second-order valence-electron chi connectivity index (χ2n) is 4.44. The normalized spacial score (nSPS) is 14.1. The minimum Gasteiger partial charge on any atom is -0.468 e. The van der Waals surface area contributed by atoms with E-state index in [1.165, 1.54) is 19.2 Å². The van der Waals surface area contributed by atoms with Gasteiger partial charge in [0.15, 0.2) is 11.9 Å². The van der Waals surface area contributed by atoms with Crippen LogP contribution >= 0.6 is 0 Å². The van der Waals surface area contributed by atoms with E-state index >= 15 is 0 Å². The zero-order chi connectivity index (χ0) is 14.8. The summed E-state index contributed by atoms with van der Waals surface area (Å²) >= 11 is 0. The van der Waals surface area contributed by atoms with E-state index in [1.54, 1.807) is 0 Å². The quantitative estimate of drug-likeness (QED) is 0.881. The largest absolute Gasteiger partial charge is 0.468 e. The topological polar surface area (TPSA) is 71.7 Å². The average Bonchev–Trinajstić information content (AvgIpc) is 2.74. The van der Waals surface area contributed by atoms with Crippen molar-refractivity contribution >= 4 is 5.91 Å². The van der Waals surface area contributed by atoms with E-state index in [0.717, 1.165) is 13.8 Å². The molecular formula is C11H14F3NO4. The highest BCUT2D eigenvalue weighted by atomic mass is 19.4. The van der Waals surface area contributed by atoms with Crippen molar-refractivity contribution in [2.75, 3.05) is 7.11 Å². The van der Waals surface area contributed by atoms with E-state index < -0.39 is 23.7 Å². The van der Waals surface area contributed by atoms with Crippen LogP contribution in [0.3, 0.4) is 0 Å². The van der Waals surface area contributed by atoms with Gasteiger partial charge in [-0.15, -0.1) is 0 Å². The van der Waals surface area contributed by atoms with E-state index in [9.17, 15) is 18.0 Å². The van der Waals surface area contributed by atoms with Crippen molar-refractivity contribution in [2.45, 2.75) is 31.7 Å². The van der Waals surface area contributed by atoms with Gasteiger partial charge in [-0.2, -0.15) is 13.2 Å². The first-order valence-electron chi connectivity index (χ1n) is 5.29. The molecule has 0 bridgehead atoms. The van der Waals surface area contributed by atoms with E-state index in [4.69, 9.17) is 14.3 Å². The highest BCUT2D eigenvalue weighted by Gasteiger charge is 2.48. The van der Waals surface area contributed by atoms with Gasteiger partial charge in [0.2, 0.25) is 0 Å². The lowest BCUT2D eigenvalue weighted by molar-refractivity contribution is -0.222. The molecule has 5 nitrogen and oxygen atoms in total. The number of alkyl halides is 3. The van der Waals surface area contributed by atoms with Crippen molar-refractivity contribution in [3.63, 3.8) is 0 Å². The first-order chi connectivity index (χ1) is 8.58. The number of halogens is 3. The van der Waals surface area contributed by atoms with E-state index in [2.05, 4.69) is 5.32 Å². The number of ether oxygens (including phenoxy) is 1. The van der Waals surface area contributed by atoms with Crippen LogP contribution in [0.2, 0.25) is 0 Å². The lowest BCUT2D eigenvalue weighted by atomic mass is 9.96. The molecule has 1 aromatic heterocycles. The van der Waals surface area contributed by atoms with Crippen LogP contribution in [-0.2, 0) is 0 Å². The fourth-order valence-corrected chi connectivity index (χ4v) is 1.38. The van der Waals surface area contributed by atoms with Gasteiger partial charge in [-0.1, -0.05) is 0 Å². The molecule has 0 aliphatic heterocycles. The molecule has 1 heterocycles. The number of methoxy groups -OCH3 is 1. The SMILES string of the molecule is COc1ccc(C(=O)NC(C)(C)C(O)C(F)(F)F)o1. The van der Waals surface area contributed by atoms with Crippen LogP contribution in [0.25, 0.3) is 0 Å². The predicted molar refractivity (Wildman–Crippen MR) is 58.9 cm³/mol. The molecule has 19 heavy (non-hydrogen) atoms. The van der Waals surface area contributed by atoms with Crippen molar-refractivity contribution in [1.29, 1.82) is 0 Å². The Morgan fingerprint density at radius 3 is 2.42 bits per heavy atom. The van der Waals surface area contributed by atoms with Gasteiger partial charge in [-0.25, -0.2) is 0 Å². The molecule has 1 unspecified atom stereocenters. The van der Waals surface area contributed by atoms with Crippen LogP contribution in [0, 0.1) is 0 Å². The van der Waals surface area contributed by atoms with Crippen molar-refractivity contribution in [3.8, 4) is 5.95 Å². The molecule has 1 amide bonds. The molecule has 0 aromatic carbocycles. The molecule has 108 valence electrons. The van der Waals surface area contributed by atoms with E-state index in [1.807, 2.05) is 0 Å². The summed E-state index contributed by atoms with van der Waals surface area (Å²) in [5.41, 5.74) is -1.89. The van der Waals surface area contributed by atoms with Gasteiger partial charge in [-0.05, 0) is 19.9 Å². The maximum atomic E-state index is 12.4. The Bertz CT molecular complexity index is 453. The molecule has 2 N–H and O–H groups in total. The smallest absolute Gasteiger partial charge is 0.416 e. The maximum Gasteiger partial charge on any atom is 0.416 e. The number of carbonyl (C=O) groups excluding carboxylic acids is 1. The molecule has 8 heteroatoms. The Morgan fingerprint density at radius 1 is 1.42 bits per heavy atom. The van der Waals surface area contributed by atoms with Gasteiger partial charge in [-0.3, -0.25) is 4.79 Å². The van der Waals surface area contributed by atoms with Gasteiger partial charge < -0.3 is 19.6 Å². The number of hydrogen-bond donors (Lipinski definition) is 2. The summed E-state index contributed by atoms with van der Waals surface area (Å²) in [7, 11) is 1.32. The summed E-state index contributed by atoms with van der Waals surface area (Å²) in [6, 6.07) is 2.60. The Kier molecular flexibility index (Phi) is 4.14. The second kappa shape index (κ2) is 5.12. The summed E-state index contributed by atoms with van der Waals surface area (Å²) in [4.78, 5) is 11.7. The number of hydrogen-bond acceptors (Lipinski definition) is 4. The van der Waals surface area contributed by atoms with Crippen LogP contribution in [0.15, 0.2) is 16.5 Å². The number of amides is 1. The number of rotatable bonds is 4. The highest BCUT2D eigenvalue weighted by molar-refractivity contribution is 5.92. The highest BCUT2D eigenvalue weighted by Crippen LogP contribution is 2.28. The number of aliphatic hydroxyl groups is 1. The second-order valence-corrected chi connectivity index (χ2v) is 4.44. The van der Waals surface area contributed by atoms with Gasteiger partial charge in [0.1, 0.15) is 0 Å². The molecule has 1 aromatic rings. The van der Waals surface area contributed by atoms with Crippen LogP contribution in [0.1, 0.15) is 24.4 Å². The van der Waals surface area contributed by atoms with E-state index in [-0.39, 0.29) is 11.7 Å². The first-order valence-corrected chi connectivity index (χ1v) is 5.29. The predicted octanol–water partition coefficient (Wildman–Crippen LogP) is 1.72. The van der Waals surface area contributed by atoms with Crippen molar-refractivity contribution < 1.29 is 32.2 Å². The standard InChI is InChI=1S/C11H14F3NO4/c1-10(2,9(17)11(12,13)14)15-8(16)6-4-5-7(18-3)19-6/h4-5,9,17H,1-3H3,(H,15,16). The monoisotopic (exact) mass is 281 g/mol. The fourth-order valence-electron chi connectivity index (χ4n) is 1.38. The summed E-state index contributed by atoms with van der Waals surface area (Å²) in [6.07, 6.45) is -7.53. The zero-order valence-corrected chi connectivity index (χ0v) is 10.5. The third kappa shape index (κ3) is 3.63. The molecular weight excluding hydrogens is 267 g/mol.